The van der Waals surface area contributed by atoms with Gasteiger partial charge in [-0.05, 0) is 41.8 Å². The Morgan fingerprint density at radius 2 is 1.40 bits per heavy atom. The van der Waals surface area contributed by atoms with Gasteiger partial charge in [-0.15, -0.1) is 11.8 Å². The fourth-order valence-electron chi connectivity index (χ4n) is 1.94. The van der Waals surface area contributed by atoms with Crippen LogP contribution < -0.4 is 5.32 Å². The Labute approximate surface area is 208 Å². The fraction of sp³-hybridized carbons (Fsp3) is 0.333. The summed E-state index contributed by atoms with van der Waals surface area (Å²) in [6.07, 6.45) is 0.774. The van der Waals surface area contributed by atoms with Crippen molar-refractivity contribution in [2.24, 2.45) is 4.99 Å². The third-order valence-corrected chi connectivity index (χ3v) is 6.92. The molecule has 0 atom stereocenters. The second-order valence-corrected chi connectivity index (χ2v) is 9.33. The van der Waals surface area contributed by atoms with Gasteiger partial charge in [-0.3, -0.25) is 10.4 Å². The second kappa shape index (κ2) is 16.1. The van der Waals surface area contributed by atoms with E-state index in [1.165, 1.54) is 11.8 Å². The van der Waals surface area contributed by atoms with Gasteiger partial charge in [0.1, 0.15) is 0 Å². The molecule has 3 nitrogen and oxygen atoms in total. The van der Waals surface area contributed by atoms with E-state index in [0.29, 0.717) is 25.1 Å². The molecular formula is C21H27Cl4N3S2. The van der Waals surface area contributed by atoms with Crippen molar-refractivity contribution < 1.29 is 0 Å². The van der Waals surface area contributed by atoms with E-state index < -0.39 is 0 Å². The SMILES string of the molecule is C.CCC(=N)SCc1ccc(Cl)cc1Cl.CN=C(NC)SCc1ccc(Cl)cc1Cl. The summed E-state index contributed by atoms with van der Waals surface area (Å²) in [4.78, 5) is 4.07. The summed E-state index contributed by atoms with van der Waals surface area (Å²) in [7, 11) is 3.60. The standard InChI is InChI=1S/C10H12Cl2N2S.C10H11Cl2NS.CH4/c1-13-10(14-2)15-6-7-3-4-8(11)5-9(7)12;1-2-10(13)14-6-7-3-4-8(11)5-9(7)12;/h3-5H,6H2,1-2H3,(H,13,14);3-5,13H,2,6H2,1H3;1H4. The normalized spacial score (nSPS) is 10.6. The minimum Gasteiger partial charge on any atom is -0.368 e. The fourth-order valence-corrected chi connectivity index (χ4v) is 4.65. The maximum Gasteiger partial charge on any atom is 0.156 e. The quantitative estimate of drug-likeness (QED) is 0.302. The second-order valence-electron chi connectivity index (χ2n) is 5.60. The van der Waals surface area contributed by atoms with Gasteiger partial charge in [0.2, 0.25) is 0 Å². The van der Waals surface area contributed by atoms with Gasteiger partial charge in [0, 0.05) is 45.7 Å². The van der Waals surface area contributed by atoms with Gasteiger partial charge >= 0.3 is 0 Å². The Morgan fingerprint density at radius 3 is 1.77 bits per heavy atom. The van der Waals surface area contributed by atoms with E-state index in [2.05, 4.69) is 10.3 Å². The van der Waals surface area contributed by atoms with Crippen molar-refractivity contribution in [3.8, 4) is 0 Å². The highest BCUT2D eigenvalue weighted by Gasteiger charge is 2.04. The Balaban J connectivity index is 0.000000544. The highest BCUT2D eigenvalue weighted by atomic mass is 35.5. The molecule has 30 heavy (non-hydrogen) atoms. The summed E-state index contributed by atoms with van der Waals surface area (Å²) in [5.41, 5.74) is 2.08. The summed E-state index contributed by atoms with van der Waals surface area (Å²) in [5, 5.41) is 14.7. The van der Waals surface area contributed by atoms with Crippen LogP contribution in [0.3, 0.4) is 0 Å². The molecule has 0 aliphatic carbocycles. The molecule has 0 saturated heterocycles. The maximum atomic E-state index is 7.49. The van der Waals surface area contributed by atoms with Crippen LogP contribution in [0.5, 0.6) is 0 Å². The van der Waals surface area contributed by atoms with Crippen molar-refractivity contribution in [3.63, 3.8) is 0 Å². The van der Waals surface area contributed by atoms with Crippen molar-refractivity contribution in [2.75, 3.05) is 14.1 Å². The van der Waals surface area contributed by atoms with Crippen LogP contribution in [0.4, 0.5) is 0 Å². The lowest BCUT2D eigenvalue weighted by Crippen LogP contribution is -2.14. The highest BCUT2D eigenvalue weighted by molar-refractivity contribution is 8.13. The molecule has 0 aromatic heterocycles. The molecule has 0 radical (unpaired) electrons. The van der Waals surface area contributed by atoms with Gasteiger partial charge < -0.3 is 5.32 Å². The number of thioether (sulfide) groups is 2. The van der Waals surface area contributed by atoms with Crippen LogP contribution >= 0.6 is 69.9 Å². The van der Waals surface area contributed by atoms with E-state index in [1.807, 2.05) is 38.2 Å². The lowest BCUT2D eigenvalue weighted by molar-refractivity contribution is 1.18. The molecule has 166 valence electrons. The van der Waals surface area contributed by atoms with Gasteiger partial charge in [0.25, 0.3) is 0 Å². The number of halogens is 4. The smallest absolute Gasteiger partial charge is 0.156 e. The number of amidine groups is 1. The molecule has 0 fully saturated rings. The monoisotopic (exact) mass is 525 g/mol. The van der Waals surface area contributed by atoms with E-state index in [4.69, 9.17) is 51.8 Å². The average molecular weight is 527 g/mol. The number of aliphatic imine (C=N–C) groups is 1. The lowest BCUT2D eigenvalue weighted by Gasteiger charge is -2.06. The van der Waals surface area contributed by atoms with E-state index in [9.17, 15) is 0 Å². The molecule has 2 N–H and O–H groups in total. The Kier molecular flexibility index (Phi) is 15.8. The predicted octanol–water partition coefficient (Wildman–Crippen LogP) is 8.68. The molecule has 9 heteroatoms. The zero-order valence-electron chi connectivity index (χ0n) is 16.4. The van der Waals surface area contributed by atoms with Crippen molar-refractivity contribution in [1.82, 2.24) is 5.32 Å². The molecule has 2 aromatic carbocycles. The summed E-state index contributed by atoms with van der Waals surface area (Å²) >= 11 is 26.7. The average Bonchev–Trinajstić information content (AvgIpc) is 2.69. The first-order valence-electron chi connectivity index (χ1n) is 8.66. The zero-order chi connectivity index (χ0) is 21.8. The molecule has 0 unspecified atom stereocenters. The molecule has 0 spiro atoms. The molecule has 0 aliphatic rings. The number of benzene rings is 2. The zero-order valence-corrected chi connectivity index (χ0v) is 21.0. The summed E-state index contributed by atoms with van der Waals surface area (Å²) in [6.45, 7) is 1.97. The highest BCUT2D eigenvalue weighted by Crippen LogP contribution is 2.26. The first kappa shape index (κ1) is 29.4. The molecular weight excluding hydrogens is 500 g/mol. The summed E-state index contributed by atoms with van der Waals surface area (Å²) < 4.78 is 0. The van der Waals surface area contributed by atoms with Crippen LogP contribution in [0.25, 0.3) is 0 Å². The molecule has 0 heterocycles. The lowest BCUT2D eigenvalue weighted by atomic mass is 10.2. The van der Waals surface area contributed by atoms with E-state index >= 15 is 0 Å². The number of nitrogens with one attached hydrogen (secondary N) is 2. The number of nitrogens with zero attached hydrogens (tertiary/aromatic N) is 1. The van der Waals surface area contributed by atoms with Crippen LogP contribution in [-0.4, -0.2) is 24.3 Å². The summed E-state index contributed by atoms with van der Waals surface area (Å²) in [6, 6.07) is 11.0. The van der Waals surface area contributed by atoms with Crippen LogP contribution in [-0.2, 0) is 11.5 Å². The first-order valence-corrected chi connectivity index (χ1v) is 12.1. The van der Waals surface area contributed by atoms with Crippen molar-refractivity contribution in [1.29, 1.82) is 5.41 Å². The van der Waals surface area contributed by atoms with Crippen LogP contribution in [0.1, 0.15) is 31.9 Å². The number of hydrogen-bond donors (Lipinski definition) is 2. The van der Waals surface area contributed by atoms with Gasteiger partial charge in [0.15, 0.2) is 5.17 Å². The molecule has 2 rings (SSSR count). The molecule has 0 amide bonds. The predicted molar refractivity (Wildman–Crippen MR) is 143 cm³/mol. The van der Waals surface area contributed by atoms with Crippen molar-refractivity contribution in [2.45, 2.75) is 32.3 Å². The molecule has 2 aromatic rings. The van der Waals surface area contributed by atoms with E-state index in [0.717, 1.165) is 34.2 Å². The minimum absolute atomic E-state index is 0. The van der Waals surface area contributed by atoms with Crippen LogP contribution in [0, 0.1) is 5.41 Å². The number of hydrogen-bond acceptors (Lipinski definition) is 4. The van der Waals surface area contributed by atoms with Crippen LogP contribution in [0.2, 0.25) is 20.1 Å². The Bertz CT molecular complexity index is 845. The number of rotatable bonds is 5. The topological polar surface area (TPSA) is 48.2 Å². The van der Waals surface area contributed by atoms with Crippen LogP contribution in [0.15, 0.2) is 41.4 Å². The molecule has 0 aliphatic heterocycles. The van der Waals surface area contributed by atoms with Gasteiger partial charge in [0.05, 0.1) is 5.04 Å². The first-order chi connectivity index (χ1) is 13.8. The third kappa shape index (κ3) is 11.2. The Hall–Kier alpha value is -0.560. The largest absolute Gasteiger partial charge is 0.368 e. The van der Waals surface area contributed by atoms with E-state index in [-0.39, 0.29) is 7.43 Å². The van der Waals surface area contributed by atoms with Crippen molar-refractivity contribution >= 4 is 80.1 Å². The maximum absolute atomic E-state index is 7.49. The third-order valence-electron chi connectivity index (χ3n) is 3.53. The summed E-state index contributed by atoms with van der Waals surface area (Å²) in [5.74, 6) is 1.52. The van der Waals surface area contributed by atoms with Crippen molar-refractivity contribution in [3.05, 3.63) is 67.6 Å². The van der Waals surface area contributed by atoms with Gasteiger partial charge in [-0.2, -0.15) is 0 Å². The van der Waals surface area contributed by atoms with Gasteiger partial charge in [-0.1, -0.05) is 84.6 Å². The Morgan fingerprint density at radius 1 is 0.933 bits per heavy atom. The minimum atomic E-state index is 0. The molecule has 0 bridgehead atoms. The molecule has 0 saturated carbocycles. The van der Waals surface area contributed by atoms with E-state index in [1.54, 1.807) is 30.9 Å². The van der Waals surface area contributed by atoms with Gasteiger partial charge in [-0.25, -0.2) is 0 Å².